The highest BCUT2D eigenvalue weighted by atomic mass is 32.1. The van der Waals surface area contributed by atoms with Crippen LogP contribution in [0.1, 0.15) is 23.2 Å². The molecule has 2 unspecified atom stereocenters. The van der Waals surface area contributed by atoms with Gasteiger partial charge in [-0.05, 0) is 36.4 Å². The maximum absolute atomic E-state index is 12.2. The van der Waals surface area contributed by atoms with Gasteiger partial charge in [0.15, 0.2) is 0 Å². The third kappa shape index (κ3) is 6.39. The maximum Gasteiger partial charge on any atom is 0.281 e. The van der Waals surface area contributed by atoms with E-state index >= 15 is 0 Å². The molecule has 0 fully saturated rings. The Morgan fingerprint density at radius 3 is 1.19 bits per heavy atom. The van der Waals surface area contributed by atoms with Crippen molar-refractivity contribution < 1.29 is 19.7 Å². The Balaban J connectivity index is 2.05. The van der Waals surface area contributed by atoms with Crippen LogP contribution in [0.3, 0.4) is 0 Å². The van der Waals surface area contributed by atoms with Gasteiger partial charge in [0.2, 0.25) is 0 Å². The van der Waals surface area contributed by atoms with Crippen LogP contribution in [0.5, 0.6) is 0 Å². The summed E-state index contributed by atoms with van der Waals surface area (Å²) in [6.45, 7) is 0. The Morgan fingerprint density at radius 1 is 0.524 bits per heavy atom. The third-order valence-corrected chi connectivity index (χ3v) is 7.06. The molecule has 0 saturated carbocycles. The van der Waals surface area contributed by atoms with Gasteiger partial charge in [-0.25, -0.2) is 0 Å². The van der Waals surface area contributed by atoms with Gasteiger partial charge < -0.3 is 10.6 Å². The van der Waals surface area contributed by atoms with Gasteiger partial charge in [0.25, 0.3) is 22.7 Å². The van der Waals surface area contributed by atoms with E-state index in [0.717, 1.165) is 24.3 Å². The van der Waals surface area contributed by atoms with Gasteiger partial charge in [0.05, 0.1) is 55.0 Å². The maximum atomic E-state index is 12.2. The fraction of sp³-hybridized carbons (Fsp3) is 0.0769. The Hall–Kier alpha value is -5.22. The lowest BCUT2D eigenvalue weighted by Gasteiger charge is -2.31. The lowest BCUT2D eigenvalue weighted by Crippen LogP contribution is -2.27. The minimum atomic E-state index is -1.23. The molecule has 16 heteroatoms. The molecule has 0 spiro atoms. The van der Waals surface area contributed by atoms with Gasteiger partial charge in [-0.3, -0.25) is 40.5 Å². The van der Waals surface area contributed by atoms with Crippen LogP contribution in [0.15, 0.2) is 94.7 Å². The first-order chi connectivity index (χ1) is 20.0. The highest BCUT2D eigenvalue weighted by Crippen LogP contribution is 2.44. The molecule has 0 radical (unpaired) electrons. The van der Waals surface area contributed by atoms with Crippen molar-refractivity contribution in [1.29, 1.82) is 0 Å². The van der Waals surface area contributed by atoms with Gasteiger partial charge in [-0.15, -0.1) is 25.3 Å². The monoisotopic (exact) mass is 608 g/mol. The van der Waals surface area contributed by atoms with Crippen molar-refractivity contribution >= 4 is 59.4 Å². The topological polar surface area (TPSA) is 197 Å². The zero-order valence-corrected chi connectivity index (χ0v) is 23.0. The summed E-state index contributed by atoms with van der Waals surface area (Å²) in [5.74, 6) is 0. The fourth-order valence-electron chi connectivity index (χ4n) is 4.34. The second-order valence-corrected chi connectivity index (χ2v) is 9.76. The van der Waals surface area contributed by atoms with Crippen LogP contribution in [0.25, 0.3) is 0 Å². The second-order valence-electron chi connectivity index (χ2n) is 8.79. The largest absolute Gasteiger partial charge is 0.375 e. The van der Waals surface area contributed by atoms with Crippen LogP contribution >= 0.6 is 25.3 Å². The molecule has 0 heterocycles. The van der Waals surface area contributed by atoms with Crippen molar-refractivity contribution in [2.24, 2.45) is 0 Å². The molecule has 4 aromatic carbocycles. The van der Waals surface area contributed by atoms with Gasteiger partial charge >= 0.3 is 0 Å². The molecule has 0 amide bonds. The molecule has 4 aromatic rings. The summed E-state index contributed by atoms with van der Waals surface area (Å²) in [6.07, 6.45) is 0. The van der Waals surface area contributed by atoms with E-state index in [4.69, 9.17) is 0 Å². The van der Waals surface area contributed by atoms with Crippen LogP contribution in [0, 0.1) is 40.5 Å². The van der Waals surface area contributed by atoms with Crippen molar-refractivity contribution in [3.63, 3.8) is 0 Å². The lowest BCUT2D eigenvalue weighted by atomic mass is 9.90. The summed E-state index contributed by atoms with van der Waals surface area (Å²) in [5.41, 5.74) is -1.70. The molecule has 2 N–H and O–H groups in total. The number of nitro benzene ring substituents is 4. The number of hydrogen-bond donors (Lipinski definition) is 4. The van der Waals surface area contributed by atoms with E-state index in [-0.39, 0.29) is 11.1 Å². The number of non-ortho nitro benzene ring substituents is 2. The molecule has 0 aliphatic heterocycles. The van der Waals surface area contributed by atoms with Crippen LogP contribution in [0.4, 0.5) is 34.1 Å². The van der Waals surface area contributed by atoms with Crippen LogP contribution in [-0.4, -0.2) is 19.7 Å². The smallest absolute Gasteiger partial charge is 0.281 e. The molecule has 14 nitrogen and oxygen atoms in total. The zero-order chi connectivity index (χ0) is 30.6. The number of thiol groups is 2. The quantitative estimate of drug-likeness (QED) is 0.0789. The number of nitro groups is 4. The summed E-state index contributed by atoms with van der Waals surface area (Å²) in [5, 5.41) is 53.6. The van der Waals surface area contributed by atoms with Crippen molar-refractivity contribution in [2.45, 2.75) is 21.9 Å². The molecule has 4 rings (SSSR count). The normalized spacial score (nSPS) is 12.1. The summed E-state index contributed by atoms with van der Waals surface area (Å²) >= 11 is 8.91. The van der Waals surface area contributed by atoms with Crippen LogP contribution < -0.4 is 10.6 Å². The number of benzene rings is 4. The second kappa shape index (κ2) is 12.5. The number of nitrogens with one attached hydrogen (secondary N) is 2. The molecule has 0 aromatic heterocycles. The SMILES string of the molecule is O=[N+]([O-])c1ccc(C(Nc2ccccc2S)C(Nc2ccccc2S)c2ccc([N+](=O)[O-])cc2[N+](=O)[O-])c([N+](=O)[O-])c1. The van der Waals surface area contributed by atoms with Gasteiger partial charge in [0, 0.05) is 33.3 Å². The molecule has 0 aliphatic rings. The number of nitrogens with zero attached hydrogens (tertiary/aromatic N) is 4. The predicted molar refractivity (Wildman–Crippen MR) is 160 cm³/mol. The summed E-state index contributed by atoms with van der Waals surface area (Å²) in [7, 11) is 0. The molecule has 2 atom stereocenters. The summed E-state index contributed by atoms with van der Waals surface area (Å²) in [4.78, 5) is 45.0. The van der Waals surface area contributed by atoms with E-state index in [2.05, 4.69) is 35.9 Å². The van der Waals surface area contributed by atoms with E-state index in [1.54, 1.807) is 48.5 Å². The van der Waals surface area contributed by atoms with Gasteiger partial charge in [-0.1, -0.05) is 24.3 Å². The van der Waals surface area contributed by atoms with Crippen LogP contribution in [0.2, 0.25) is 0 Å². The third-order valence-electron chi connectivity index (χ3n) is 6.28. The fourth-order valence-corrected chi connectivity index (χ4v) is 4.79. The molecule has 0 aliphatic carbocycles. The van der Waals surface area contributed by atoms with E-state index in [1.165, 1.54) is 12.1 Å². The van der Waals surface area contributed by atoms with Gasteiger partial charge in [-0.2, -0.15) is 0 Å². The van der Waals surface area contributed by atoms with E-state index in [0.29, 0.717) is 21.2 Å². The van der Waals surface area contributed by atoms with Gasteiger partial charge in [0.1, 0.15) is 0 Å². The molecule has 0 bridgehead atoms. The first-order valence-corrected chi connectivity index (χ1v) is 12.8. The van der Waals surface area contributed by atoms with Crippen molar-refractivity contribution in [3.05, 3.63) is 137 Å². The number of para-hydroxylation sites is 2. The zero-order valence-electron chi connectivity index (χ0n) is 21.2. The minimum Gasteiger partial charge on any atom is -0.375 e. The standard InChI is InChI=1S/C26H20N6O8S2/c33-29(34)15-9-11-17(21(13-15)31(37)38)25(27-19-5-1-3-7-23(19)41)26(28-20-6-2-4-8-24(20)42)18-12-10-16(30(35)36)14-22(18)32(39)40/h1-14,25-28,41-42H. The molecular formula is C26H20N6O8S2. The average molecular weight is 609 g/mol. The Kier molecular flexibility index (Phi) is 8.87. The number of hydrogen-bond acceptors (Lipinski definition) is 12. The highest BCUT2D eigenvalue weighted by molar-refractivity contribution is 7.80. The minimum absolute atomic E-state index is 0.0658. The van der Waals surface area contributed by atoms with Crippen molar-refractivity contribution in [3.8, 4) is 0 Å². The Morgan fingerprint density at radius 2 is 0.881 bits per heavy atom. The molecule has 42 heavy (non-hydrogen) atoms. The van der Waals surface area contributed by atoms with E-state index < -0.39 is 54.5 Å². The first-order valence-electron chi connectivity index (χ1n) is 11.9. The van der Waals surface area contributed by atoms with E-state index in [9.17, 15) is 40.5 Å². The Bertz CT molecular complexity index is 1600. The van der Waals surface area contributed by atoms with Crippen LogP contribution in [-0.2, 0) is 0 Å². The van der Waals surface area contributed by atoms with Crippen molar-refractivity contribution in [2.75, 3.05) is 10.6 Å². The van der Waals surface area contributed by atoms with E-state index in [1.807, 2.05) is 0 Å². The van der Waals surface area contributed by atoms with Crippen molar-refractivity contribution in [1.82, 2.24) is 0 Å². The summed E-state index contributed by atoms with van der Waals surface area (Å²) < 4.78 is 0. The first kappa shape index (κ1) is 29.8. The number of anilines is 2. The number of rotatable bonds is 11. The average Bonchev–Trinajstić information content (AvgIpc) is 2.96. The predicted octanol–water partition coefficient (Wildman–Crippen LogP) is 6.90. The molecule has 214 valence electrons. The molecular weight excluding hydrogens is 588 g/mol. The molecule has 0 saturated heterocycles. The summed E-state index contributed by atoms with van der Waals surface area (Å²) in [6, 6.07) is 17.0. The lowest BCUT2D eigenvalue weighted by molar-refractivity contribution is -0.395. The Labute approximate surface area is 247 Å². The highest BCUT2D eigenvalue weighted by Gasteiger charge is 2.37.